The summed E-state index contributed by atoms with van der Waals surface area (Å²) in [7, 11) is 0. The molecule has 0 bridgehead atoms. The molecule has 0 spiro atoms. The maximum absolute atomic E-state index is 8.62. The monoisotopic (exact) mass is 239 g/mol. The predicted molar refractivity (Wildman–Crippen MR) is 63.4 cm³/mol. The van der Waals surface area contributed by atoms with Gasteiger partial charge >= 0.3 is 0 Å². The Bertz CT molecular complexity index is 525. The molecule has 0 radical (unpaired) electrons. The largest absolute Gasteiger partial charge is 0.198 e. The lowest BCUT2D eigenvalue weighted by molar-refractivity contribution is 1.21. The van der Waals surface area contributed by atoms with Crippen LogP contribution >= 0.6 is 35.6 Å². The zero-order chi connectivity index (χ0) is 10.1. The summed E-state index contributed by atoms with van der Waals surface area (Å²) < 4.78 is 1.11. The average molecular weight is 240 g/mol. The Morgan fingerprint density at radius 3 is 3.00 bits per heavy atom. The summed E-state index contributed by atoms with van der Waals surface area (Å²) in [5.41, 5.74) is 0.934. The van der Waals surface area contributed by atoms with E-state index in [1.54, 1.807) is 11.3 Å². The number of halogens is 1. The molecule has 2 aromatic rings. The lowest BCUT2D eigenvalue weighted by Crippen LogP contribution is -1.84. The van der Waals surface area contributed by atoms with Gasteiger partial charge in [-0.15, -0.1) is 24.0 Å². The maximum Gasteiger partial charge on any atom is 0.0670 e. The lowest BCUT2D eigenvalue weighted by Gasteiger charge is -2.02. The summed E-state index contributed by atoms with van der Waals surface area (Å²) in [5.74, 6) is 0. The third kappa shape index (κ3) is 1.50. The summed E-state index contributed by atoms with van der Waals surface area (Å²) in [6.07, 6.45) is 0.376. The minimum absolute atomic E-state index is 0.376. The van der Waals surface area contributed by atoms with Crippen LogP contribution in [0.5, 0.6) is 0 Å². The molecule has 0 N–H and O–H groups in total. The highest BCUT2D eigenvalue weighted by Gasteiger charge is 2.08. The predicted octanol–water partition coefficient (Wildman–Crippen LogP) is 3.91. The van der Waals surface area contributed by atoms with Gasteiger partial charge in [0.25, 0.3) is 0 Å². The quantitative estimate of drug-likeness (QED) is 0.750. The van der Waals surface area contributed by atoms with Gasteiger partial charge in [-0.2, -0.15) is 5.26 Å². The molecule has 1 nitrogen and oxygen atoms in total. The van der Waals surface area contributed by atoms with E-state index in [4.69, 9.17) is 16.9 Å². The molecular formula is C10H6ClNS2. The van der Waals surface area contributed by atoms with Crippen molar-refractivity contribution >= 4 is 45.7 Å². The van der Waals surface area contributed by atoms with Crippen LogP contribution < -0.4 is 0 Å². The van der Waals surface area contributed by atoms with Gasteiger partial charge in [-0.05, 0) is 11.6 Å². The average Bonchev–Trinajstić information content (AvgIpc) is 2.54. The van der Waals surface area contributed by atoms with Gasteiger partial charge in [0, 0.05) is 20.4 Å². The fraction of sp³-hybridized carbons (Fsp3) is 0.100. The minimum atomic E-state index is 0.376. The van der Waals surface area contributed by atoms with Crippen molar-refractivity contribution in [3.8, 4) is 6.07 Å². The van der Waals surface area contributed by atoms with Crippen molar-refractivity contribution in [3.05, 3.63) is 28.1 Å². The zero-order valence-corrected chi connectivity index (χ0v) is 9.59. The number of fused-ring (bicyclic) bond motifs is 1. The van der Waals surface area contributed by atoms with Gasteiger partial charge < -0.3 is 0 Å². The number of nitrogens with zero attached hydrogens (tertiary/aromatic N) is 1. The molecule has 0 atom stereocenters. The topological polar surface area (TPSA) is 23.8 Å². The highest BCUT2D eigenvalue weighted by molar-refractivity contribution is 7.80. The van der Waals surface area contributed by atoms with Crippen molar-refractivity contribution in [2.24, 2.45) is 0 Å². The molecule has 0 amide bonds. The van der Waals surface area contributed by atoms with Crippen molar-refractivity contribution < 1.29 is 0 Å². The molecule has 0 fully saturated rings. The Balaban J connectivity index is 2.74. The van der Waals surface area contributed by atoms with Crippen LogP contribution in [0.4, 0.5) is 0 Å². The first-order valence-electron chi connectivity index (χ1n) is 3.98. The van der Waals surface area contributed by atoms with E-state index in [2.05, 4.69) is 18.7 Å². The molecule has 1 aromatic carbocycles. The molecule has 1 aromatic heterocycles. The van der Waals surface area contributed by atoms with E-state index in [-0.39, 0.29) is 0 Å². The van der Waals surface area contributed by atoms with Crippen molar-refractivity contribution in [1.29, 1.82) is 5.26 Å². The van der Waals surface area contributed by atoms with Crippen LogP contribution in [0, 0.1) is 11.3 Å². The summed E-state index contributed by atoms with van der Waals surface area (Å²) in [6.45, 7) is 0. The third-order valence-corrected chi connectivity index (χ3v) is 3.91. The molecular weight excluding hydrogens is 234 g/mol. The molecule has 4 heteroatoms. The zero-order valence-electron chi connectivity index (χ0n) is 7.12. The third-order valence-electron chi connectivity index (χ3n) is 2.02. The fourth-order valence-electron chi connectivity index (χ4n) is 1.35. The van der Waals surface area contributed by atoms with E-state index < -0.39 is 0 Å². The Labute approximate surface area is 96.3 Å². The molecule has 0 saturated heterocycles. The Morgan fingerprint density at radius 2 is 2.29 bits per heavy atom. The number of thiol groups is 1. The normalized spacial score (nSPS) is 10.4. The molecule has 0 aliphatic heterocycles. The van der Waals surface area contributed by atoms with E-state index in [0.29, 0.717) is 6.42 Å². The maximum atomic E-state index is 8.62. The van der Waals surface area contributed by atoms with E-state index in [9.17, 15) is 0 Å². The minimum Gasteiger partial charge on any atom is -0.198 e. The van der Waals surface area contributed by atoms with Gasteiger partial charge in [0.1, 0.15) is 0 Å². The molecule has 14 heavy (non-hydrogen) atoms. The first kappa shape index (κ1) is 9.85. The van der Waals surface area contributed by atoms with Crippen LogP contribution in [0.2, 0.25) is 5.02 Å². The number of nitriles is 1. The Hall–Kier alpha value is -0.690. The molecule has 2 rings (SSSR count). The van der Waals surface area contributed by atoms with Gasteiger partial charge in [0.05, 0.1) is 17.5 Å². The van der Waals surface area contributed by atoms with Crippen LogP contribution in [0.3, 0.4) is 0 Å². The van der Waals surface area contributed by atoms with Gasteiger partial charge in [0.2, 0.25) is 0 Å². The van der Waals surface area contributed by atoms with Crippen molar-refractivity contribution in [3.63, 3.8) is 0 Å². The number of thiophene rings is 1. The van der Waals surface area contributed by atoms with Crippen LogP contribution in [0.25, 0.3) is 10.1 Å². The van der Waals surface area contributed by atoms with E-state index >= 15 is 0 Å². The van der Waals surface area contributed by atoms with E-state index in [0.717, 1.165) is 25.6 Å². The molecule has 0 saturated carbocycles. The number of hydrogen-bond donors (Lipinski definition) is 1. The number of hydrogen-bond acceptors (Lipinski definition) is 3. The highest BCUT2D eigenvalue weighted by Crippen LogP contribution is 2.36. The fourth-order valence-corrected chi connectivity index (χ4v) is 3.09. The second-order valence-corrected chi connectivity index (χ2v) is 4.63. The summed E-state index contributed by atoms with van der Waals surface area (Å²) in [4.78, 5) is 0.829. The van der Waals surface area contributed by atoms with Crippen LogP contribution in [-0.4, -0.2) is 0 Å². The van der Waals surface area contributed by atoms with Gasteiger partial charge in [-0.25, -0.2) is 0 Å². The highest BCUT2D eigenvalue weighted by atomic mass is 35.5. The lowest BCUT2D eigenvalue weighted by atomic mass is 10.1. The van der Waals surface area contributed by atoms with E-state index in [1.165, 1.54) is 0 Å². The number of benzene rings is 1. The second-order valence-electron chi connectivity index (χ2n) is 2.86. The van der Waals surface area contributed by atoms with Gasteiger partial charge in [0.15, 0.2) is 0 Å². The van der Waals surface area contributed by atoms with Crippen LogP contribution in [0.15, 0.2) is 22.4 Å². The summed E-state index contributed by atoms with van der Waals surface area (Å²) in [5, 5.41) is 12.2. The SMILES string of the molecule is N#CCc1ccc2scc(Cl)c2c1S. The second kappa shape index (κ2) is 3.82. The van der Waals surface area contributed by atoms with Crippen LogP contribution in [0.1, 0.15) is 5.56 Å². The standard InChI is InChI=1S/C10H6ClNS2/c11-7-5-14-8-2-1-6(3-4-12)10(13)9(7)8/h1-2,5,13H,3H2. The molecule has 70 valence electrons. The van der Waals surface area contributed by atoms with Crippen molar-refractivity contribution in [2.75, 3.05) is 0 Å². The van der Waals surface area contributed by atoms with Gasteiger partial charge in [-0.1, -0.05) is 17.7 Å². The number of rotatable bonds is 1. The smallest absolute Gasteiger partial charge is 0.0670 e. The molecule has 0 unspecified atom stereocenters. The van der Waals surface area contributed by atoms with E-state index in [1.807, 2.05) is 17.5 Å². The van der Waals surface area contributed by atoms with Gasteiger partial charge in [-0.3, -0.25) is 0 Å². The Kier molecular flexibility index (Phi) is 2.69. The van der Waals surface area contributed by atoms with Crippen LogP contribution in [-0.2, 0) is 6.42 Å². The first-order valence-corrected chi connectivity index (χ1v) is 5.69. The molecule has 0 aliphatic rings. The van der Waals surface area contributed by atoms with Crippen molar-refractivity contribution in [2.45, 2.75) is 11.3 Å². The first-order chi connectivity index (χ1) is 6.74. The molecule has 1 heterocycles. The van der Waals surface area contributed by atoms with Crippen molar-refractivity contribution in [1.82, 2.24) is 0 Å². The summed E-state index contributed by atoms with van der Waals surface area (Å²) in [6, 6.07) is 6.03. The molecule has 0 aliphatic carbocycles. The summed E-state index contributed by atoms with van der Waals surface area (Å²) >= 11 is 12.0. The Morgan fingerprint density at radius 1 is 1.50 bits per heavy atom.